The third kappa shape index (κ3) is 4.84. The summed E-state index contributed by atoms with van der Waals surface area (Å²) in [5.74, 6) is 0. The van der Waals surface area contributed by atoms with Crippen molar-refractivity contribution in [1.82, 2.24) is 0 Å². The minimum Gasteiger partial charge on any atom is -0.310 e. The van der Waals surface area contributed by atoms with E-state index >= 15 is 0 Å². The number of para-hydroxylation sites is 2. The van der Waals surface area contributed by atoms with Gasteiger partial charge in [-0.15, -0.1) is 22.7 Å². The Hall–Kier alpha value is -5.94. The van der Waals surface area contributed by atoms with Crippen molar-refractivity contribution in [1.29, 1.82) is 0 Å². The third-order valence-corrected chi connectivity index (χ3v) is 11.9. The topological polar surface area (TPSA) is 6.48 Å². The second-order valence-electron chi connectivity index (χ2n) is 12.6. The van der Waals surface area contributed by atoms with Crippen molar-refractivity contribution >= 4 is 108 Å². The predicted octanol–water partition coefficient (Wildman–Crippen LogP) is 14.5. The van der Waals surface area contributed by atoms with Crippen molar-refractivity contribution in [3.8, 4) is 0 Å². The SMILES string of the molecule is c1ccc(N(c2ccc(N(c3ccccc3)c3ccc4sc5ccc6ccccc6c5c4c3)cc2)c2ccc3c(c2)sc2ccccc23)cc1. The highest BCUT2D eigenvalue weighted by molar-refractivity contribution is 7.26. The van der Waals surface area contributed by atoms with Gasteiger partial charge in [0.05, 0.1) is 0 Å². The zero-order valence-corrected chi connectivity index (χ0v) is 28.7. The lowest BCUT2D eigenvalue weighted by molar-refractivity contribution is 1.26. The van der Waals surface area contributed by atoms with Gasteiger partial charge in [-0.25, -0.2) is 0 Å². The first-order valence-corrected chi connectivity index (χ1v) is 18.5. The fourth-order valence-electron chi connectivity index (χ4n) is 7.33. The van der Waals surface area contributed by atoms with Gasteiger partial charge in [0.25, 0.3) is 0 Å². The van der Waals surface area contributed by atoms with E-state index in [4.69, 9.17) is 0 Å². The van der Waals surface area contributed by atoms with Crippen molar-refractivity contribution in [2.24, 2.45) is 0 Å². The predicted molar refractivity (Wildman–Crippen MR) is 219 cm³/mol. The lowest BCUT2D eigenvalue weighted by Crippen LogP contribution is -2.12. The first-order valence-electron chi connectivity index (χ1n) is 16.8. The number of rotatable bonds is 6. The number of anilines is 6. The molecule has 0 fully saturated rings. The molecule has 0 unspecified atom stereocenters. The van der Waals surface area contributed by atoms with Crippen LogP contribution in [0.15, 0.2) is 182 Å². The maximum Gasteiger partial charge on any atom is 0.0476 e. The zero-order chi connectivity index (χ0) is 33.0. The molecule has 2 heterocycles. The van der Waals surface area contributed by atoms with E-state index in [9.17, 15) is 0 Å². The van der Waals surface area contributed by atoms with Crippen molar-refractivity contribution in [2.45, 2.75) is 0 Å². The van der Waals surface area contributed by atoms with E-state index in [0.29, 0.717) is 0 Å². The van der Waals surface area contributed by atoms with Gasteiger partial charge in [-0.05, 0) is 102 Å². The van der Waals surface area contributed by atoms with E-state index in [1.807, 2.05) is 22.7 Å². The third-order valence-electron chi connectivity index (χ3n) is 9.62. The van der Waals surface area contributed by atoms with Crippen LogP contribution in [0.2, 0.25) is 0 Å². The summed E-state index contributed by atoms with van der Waals surface area (Å²) < 4.78 is 5.23. The van der Waals surface area contributed by atoms with Crippen LogP contribution in [0.4, 0.5) is 34.1 Å². The average Bonchev–Trinajstić information content (AvgIpc) is 3.75. The highest BCUT2D eigenvalue weighted by Gasteiger charge is 2.18. The minimum atomic E-state index is 1.11. The fourth-order valence-corrected chi connectivity index (χ4v) is 9.57. The van der Waals surface area contributed by atoms with E-state index in [0.717, 1.165) is 34.1 Å². The summed E-state index contributed by atoms with van der Waals surface area (Å²) in [6.07, 6.45) is 0. The maximum atomic E-state index is 2.37. The van der Waals surface area contributed by atoms with Crippen LogP contribution in [0.5, 0.6) is 0 Å². The molecule has 0 saturated carbocycles. The number of fused-ring (bicyclic) bond motifs is 8. The molecule has 4 heteroatoms. The number of hydrogen-bond donors (Lipinski definition) is 0. The molecule has 0 amide bonds. The molecule has 0 aliphatic heterocycles. The van der Waals surface area contributed by atoms with E-state index in [1.165, 1.54) is 51.1 Å². The van der Waals surface area contributed by atoms with Crippen molar-refractivity contribution in [3.63, 3.8) is 0 Å². The number of benzene rings is 8. The Bertz CT molecular complexity index is 2820. The standard InChI is InChI=1S/C46H30N2S2/c1-3-12-32(13-4-1)47(36-25-28-43-41(29-36)46-38-16-8-7-11-31(38)19-27-44(46)49-43)34-20-22-35(23-21-34)48(33-14-5-2-6-15-33)37-24-26-40-39-17-9-10-18-42(39)50-45(40)30-37/h1-30H. The summed E-state index contributed by atoms with van der Waals surface area (Å²) >= 11 is 3.72. The lowest BCUT2D eigenvalue weighted by Gasteiger charge is -2.28. The first-order chi connectivity index (χ1) is 24.8. The molecule has 0 radical (unpaired) electrons. The molecule has 2 aromatic heterocycles. The molecule has 50 heavy (non-hydrogen) atoms. The highest BCUT2D eigenvalue weighted by atomic mass is 32.1. The molecule has 10 aromatic rings. The van der Waals surface area contributed by atoms with Gasteiger partial charge in [0.1, 0.15) is 0 Å². The van der Waals surface area contributed by atoms with E-state index < -0.39 is 0 Å². The van der Waals surface area contributed by atoms with Gasteiger partial charge < -0.3 is 9.80 Å². The van der Waals surface area contributed by atoms with Gasteiger partial charge >= 0.3 is 0 Å². The summed E-state index contributed by atoms with van der Waals surface area (Å²) in [7, 11) is 0. The highest BCUT2D eigenvalue weighted by Crippen LogP contribution is 2.44. The van der Waals surface area contributed by atoms with E-state index in [1.54, 1.807) is 0 Å². The van der Waals surface area contributed by atoms with Crippen LogP contribution in [0.25, 0.3) is 51.1 Å². The second kappa shape index (κ2) is 11.9. The van der Waals surface area contributed by atoms with Crippen molar-refractivity contribution in [3.05, 3.63) is 182 Å². The molecule has 0 N–H and O–H groups in total. The molecular weight excluding hydrogens is 645 g/mol. The normalized spacial score (nSPS) is 11.6. The van der Waals surface area contributed by atoms with Crippen LogP contribution in [-0.4, -0.2) is 0 Å². The Labute approximate surface area is 298 Å². The smallest absolute Gasteiger partial charge is 0.0476 e. The number of thiophene rings is 2. The molecule has 0 aliphatic rings. The molecule has 8 aromatic carbocycles. The fraction of sp³-hybridized carbons (Fsp3) is 0. The van der Waals surface area contributed by atoms with Crippen molar-refractivity contribution in [2.75, 3.05) is 9.80 Å². The second-order valence-corrected chi connectivity index (χ2v) is 14.7. The minimum absolute atomic E-state index is 1.11. The summed E-state index contributed by atoms with van der Waals surface area (Å²) in [5.41, 5.74) is 6.75. The van der Waals surface area contributed by atoms with Gasteiger partial charge in [-0.2, -0.15) is 0 Å². The summed E-state index contributed by atoms with van der Waals surface area (Å²) in [6, 6.07) is 66.1. The van der Waals surface area contributed by atoms with Crippen LogP contribution < -0.4 is 9.80 Å². The Morgan fingerprint density at radius 1 is 0.280 bits per heavy atom. The molecule has 236 valence electrons. The Morgan fingerprint density at radius 2 is 0.760 bits per heavy atom. The molecule has 2 nitrogen and oxygen atoms in total. The molecule has 10 rings (SSSR count). The Morgan fingerprint density at radius 3 is 1.48 bits per heavy atom. The summed E-state index contributed by atoms with van der Waals surface area (Å²) in [4.78, 5) is 4.73. The lowest BCUT2D eigenvalue weighted by atomic mass is 10.0. The van der Waals surface area contributed by atoms with Crippen LogP contribution in [0.3, 0.4) is 0 Å². The van der Waals surface area contributed by atoms with Crippen LogP contribution in [0.1, 0.15) is 0 Å². The molecular formula is C46H30N2S2. The molecule has 0 aliphatic carbocycles. The molecule has 0 spiro atoms. The Kier molecular flexibility index (Phi) is 6.90. The summed E-state index contributed by atoms with van der Waals surface area (Å²) in [6.45, 7) is 0. The van der Waals surface area contributed by atoms with Gasteiger partial charge in [0, 0.05) is 74.5 Å². The average molecular weight is 675 g/mol. The van der Waals surface area contributed by atoms with Crippen LogP contribution in [0, 0.1) is 0 Å². The quantitative estimate of drug-likeness (QED) is 0.173. The molecule has 0 bridgehead atoms. The van der Waals surface area contributed by atoms with Crippen LogP contribution >= 0.6 is 22.7 Å². The monoisotopic (exact) mass is 674 g/mol. The molecule has 0 saturated heterocycles. The summed E-state index contributed by atoms with van der Waals surface area (Å²) in [5, 5.41) is 7.83. The van der Waals surface area contributed by atoms with Crippen LogP contribution in [-0.2, 0) is 0 Å². The largest absolute Gasteiger partial charge is 0.310 e. The molecule has 0 atom stereocenters. The van der Waals surface area contributed by atoms with Crippen molar-refractivity contribution < 1.29 is 0 Å². The number of nitrogens with zero attached hydrogens (tertiary/aromatic N) is 2. The van der Waals surface area contributed by atoms with Gasteiger partial charge in [-0.3, -0.25) is 0 Å². The zero-order valence-electron chi connectivity index (χ0n) is 27.0. The first kappa shape index (κ1) is 29.0. The number of hydrogen-bond acceptors (Lipinski definition) is 4. The van der Waals surface area contributed by atoms with E-state index in [2.05, 4.69) is 192 Å². The van der Waals surface area contributed by atoms with Gasteiger partial charge in [-0.1, -0.05) is 91.0 Å². The Balaban J connectivity index is 1.10. The maximum absolute atomic E-state index is 2.37. The van der Waals surface area contributed by atoms with E-state index in [-0.39, 0.29) is 0 Å². The van der Waals surface area contributed by atoms with Gasteiger partial charge in [0.15, 0.2) is 0 Å². The van der Waals surface area contributed by atoms with Gasteiger partial charge in [0.2, 0.25) is 0 Å².